The molecule has 2 N–H and O–H groups in total. The van der Waals surface area contributed by atoms with Crippen molar-refractivity contribution in [3.8, 4) is 0 Å². The Labute approximate surface area is 151 Å². The first-order valence-corrected chi connectivity index (χ1v) is 8.58. The third-order valence-corrected chi connectivity index (χ3v) is 4.64. The smallest absolute Gasteiger partial charge is 0.259 e. The number of aromatic nitrogens is 1. The van der Waals surface area contributed by atoms with Crippen LogP contribution in [-0.4, -0.2) is 21.7 Å². The Morgan fingerprint density at radius 3 is 2.24 bits per heavy atom. The first-order valence-electron chi connectivity index (χ1n) is 7.76. The molecular formula is C18H22FN3O2S. The number of nitrogens with zero attached hydrogens (tertiary/aromatic N) is 1. The van der Waals surface area contributed by atoms with E-state index in [1.807, 2.05) is 20.8 Å². The maximum Gasteiger partial charge on any atom is 0.259 e. The zero-order chi connectivity index (χ0) is 18.8. The quantitative estimate of drug-likeness (QED) is 0.455. The second kappa shape index (κ2) is 7.00. The monoisotopic (exact) mass is 363 g/mol. The zero-order valence-corrected chi connectivity index (χ0v) is 15.8. The molecule has 0 saturated carbocycles. The highest BCUT2D eigenvalue weighted by Gasteiger charge is 2.30. The number of thioether (sulfide) groups is 1. The molecule has 0 unspecified atom stereocenters. The van der Waals surface area contributed by atoms with Crippen LogP contribution in [0.3, 0.4) is 0 Å². The fourth-order valence-corrected chi connectivity index (χ4v) is 2.85. The molecule has 0 radical (unpaired) electrons. The van der Waals surface area contributed by atoms with Crippen molar-refractivity contribution in [3.63, 3.8) is 0 Å². The fraction of sp³-hybridized carbons (Fsp3) is 0.389. The molecule has 0 fully saturated rings. The summed E-state index contributed by atoms with van der Waals surface area (Å²) in [6, 6.07) is 7.68. The van der Waals surface area contributed by atoms with Gasteiger partial charge in [0.05, 0.1) is 10.4 Å². The van der Waals surface area contributed by atoms with Crippen molar-refractivity contribution in [1.82, 2.24) is 5.16 Å². The minimum absolute atomic E-state index is 0.0967. The van der Waals surface area contributed by atoms with Crippen molar-refractivity contribution in [1.29, 1.82) is 10.8 Å². The third kappa shape index (κ3) is 4.92. The average Bonchev–Trinajstić information content (AvgIpc) is 2.99. The SMILES string of the molecule is CC(C)(Sc1ccc(F)cc1)C(=N)OC(=N)c1cc(C(C)(C)C)no1. The Kier molecular flexibility index (Phi) is 5.37. The van der Waals surface area contributed by atoms with Gasteiger partial charge in [0.1, 0.15) is 5.82 Å². The second-order valence-electron chi connectivity index (χ2n) is 7.15. The van der Waals surface area contributed by atoms with Crippen LogP contribution in [0.5, 0.6) is 0 Å². The number of halogens is 1. The summed E-state index contributed by atoms with van der Waals surface area (Å²) in [4.78, 5) is 0.806. The van der Waals surface area contributed by atoms with Gasteiger partial charge in [0.15, 0.2) is 0 Å². The normalized spacial score (nSPS) is 12.1. The summed E-state index contributed by atoms with van der Waals surface area (Å²) < 4.78 is 22.8. The highest BCUT2D eigenvalue weighted by Crippen LogP contribution is 2.34. The van der Waals surface area contributed by atoms with Gasteiger partial charge in [-0.15, -0.1) is 11.8 Å². The minimum atomic E-state index is -0.739. The lowest BCUT2D eigenvalue weighted by molar-refractivity contribution is 0.373. The van der Waals surface area contributed by atoms with Crippen LogP contribution < -0.4 is 0 Å². The first-order chi connectivity index (χ1) is 11.5. The van der Waals surface area contributed by atoms with Crippen molar-refractivity contribution in [3.05, 3.63) is 47.6 Å². The van der Waals surface area contributed by atoms with Crippen LogP contribution in [0.1, 0.15) is 46.1 Å². The Bertz CT molecular complexity index is 776. The van der Waals surface area contributed by atoms with Crippen LogP contribution in [0.4, 0.5) is 4.39 Å². The summed E-state index contributed by atoms with van der Waals surface area (Å²) in [7, 11) is 0. The Morgan fingerprint density at radius 2 is 1.72 bits per heavy atom. The Hall–Kier alpha value is -2.15. The predicted octanol–water partition coefficient (Wildman–Crippen LogP) is 5.00. The van der Waals surface area contributed by atoms with Crippen LogP contribution in [-0.2, 0) is 10.2 Å². The maximum absolute atomic E-state index is 13.0. The van der Waals surface area contributed by atoms with E-state index in [1.54, 1.807) is 32.0 Å². The molecule has 0 amide bonds. The molecule has 0 aliphatic rings. The van der Waals surface area contributed by atoms with E-state index < -0.39 is 4.75 Å². The summed E-state index contributed by atoms with van der Waals surface area (Å²) in [5, 5.41) is 20.1. The third-order valence-electron chi connectivity index (χ3n) is 3.44. The van der Waals surface area contributed by atoms with Crippen molar-refractivity contribution in [2.24, 2.45) is 0 Å². The van der Waals surface area contributed by atoms with Gasteiger partial charge in [0.2, 0.25) is 11.7 Å². The molecule has 1 aromatic carbocycles. The number of nitrogens with one attached hydrogen (secondary N) is 2. The van der Waals surface area contributed by atoms with Crippen LogP contribution in [0, 0.1) is 16.6 Å². The molecule has 0 atom stereocenters. The molecule has 0 spiro atoms. The number of hydrogen-bond donors (Lipinski definition) is 2. The van der Waals surface area contributed by atoms with Gasteiger partial charge in [-0.2, -0.15) is 0 Å². The molecule has 7 heteroatoms. The summed E-state index contributed by atoms with van der Waals surface area (Å²) in [6.07, 6.45) is 0. The van der Waals surface area contributed by atoms with Crippen molar-refractivity contribution < 1.29 is 13.7 Å². The van der Waals surface area contributed by atoms with E-state index in [9.17, 15) is 4.39 Å². The van der Waals surface area contributed by atoms with E-state index >= 15 is 0 Å². The standard InChI is InChI=1S/C18H22FN3O2S/c1-17(2,3)14-10-13(24-22-14)15(20)23-16(21)18(4,5)25-12-8-6-11(19)7-9-12/h6-10,20-21H,1-5H3. The Morgan fingerprint density at radius 1 is 1.12 bits per heavy atom. The van der Waals surface area contributed by atoms with Gasteiger partial charge in [-0.25, -0.2) is 4.39 Å². The maximum atomic E-state index is 13.0. The van der Waals surface area contributed by atoms with E-state index in [0.717, 1.165) is 4.90 Å². The van der Waals surface area contributed by atoms with Gasteiger partial charge in [0.25, 0.3) is 5.90 Å². The molecule has 2 rings (SSSR count). The number of hydrogen-bond acceptors (Lipinski definition) is 6. The van der Waals surface area contributed by atoms with Crippen molar-refractivity contribution in [2.75, 3.05) is 0 Å². The van der Waals surface area contributed by atoms with Crippen LogP contribution in [0.25, 0.3) is 0 Å². The number of benzene rings is 1. The number of rotatable bonds is 4. The molecular weight excluding hydrogens is 341 g/mol. The molecule has 0 aliphatic heterocycles. The predicted molar refractivity (Wildman–Crippen MR) is 97.2 cm³/mol. The van der Waals surface area contributed by atoms with E-state index in [4.69, 9.17) is 20.1 Å². The van der Waals surface area contributed by atoms with Gasteiger partial charge in [0, 0.05) is 16.4 Å². The molecule has 1 heterocycles. The van der Waals surface area contributed by atoms with Crippen molar-refractivity contribution >= 4 is 23.6 Å². The fourth-order valence-electron chi connectivity index (χ4n) is 1.85. The van der Waals surface area contributed by atoms with Crippen LogP contribution in [0.15, 0.2) is 39.8 Å². The van der Waals surface area contributed by atoms with Crippen LogP contribution >= 0.6 is 11.8 Å². The second-order valence-corrected chi connectivity index (χ2v) is 8.85. The summed E-state index contributed by atoms with van der Waals surface area (Å²) in [6.45, 7) is 9.58. The number of ether oxygens (including phenoxy) is 1. The van der Waals surface area contributed by atoms with Gasteiger partial charge in [-0.05, 0) is 38.1 Å². The molecule has 0 saturated heterocycles. The molecule has 25 heavy (non-hydrogen) atoms. The van der Waals surface area contributed by atoms with Crippen molar-refractivity contribution in [2.45, 2.75) is 49.7 Å². The van der Waals surface area contributed by atoms with E-state index in [1.165, 1.54) is 23.9 Å². The molecule has 0 aliphatic carbocycles. The first kappa shape index (κ1) is 19.2. The topological polar surface area (TPSA) is 83.0 Å². The van der Waals surface area contributed by atoms with Gasteiger partial charge in [-0.3, -0.25) is 10.8 Å². The molecule has 1 aromatic heterocycles. The lowest BCUT2D eigenvalue weighted by Gasteiger charge is -2.24. The van der Waals surface area contributed by atoms with Gasteiger partial charge in [-0.1, -0.05) is 25.9 Å². The average molecular weight is 363 g/mol. The van der Waals surface area contributed by atoms with Crippen LogP contribution in [0.2, 0.25) is 0 Å². The molecule has 134 valence electrons. The van der Waals surface area contributed by atoms with Gasteiger partial charge < -0.3 is 9.26 Å². The summed E-state index contributed by atoms with van der Waals surface area (Å²) >= 11 is 1.35. The molecule has 0 bridgehead atoms. The summed E-state index contributed by atoms with van der Waals surface area (Å²) in [5.41, 5.74) is 0.509. The molecule has 2 aromatic rings. The highest BCUT2D eigenvalue weighted by atomic mass is 32.2. The lowest BCUT2D eigenvalue weighted by atomic mass is 9.92. The molecule has 5 nitrogen and oxygen atoms in total. The highest BCUT2D eigenvalue weighted by molar-refractivity contribution is 8.01. The zero-order valence-electron chi connectivity index (χ0n) is 14.9. The Balaban J connectivity index is 2.05. The largest absolute Gasteiger partial charge is 0.420 e. The van der Waals surface area contributed by atoms with E-state index in [2.05, 4.69) is 5.16 Å². The summed E-state index contributed by atoms with van der Waals surface area (Å²) in [5.74, 6) is -0.492. The lowest BCUT2D eigenvalue weighted by Crippen LogP contribution is -2.31. The van der Waals surface area contributed by atoms with E-state index in [0.29, 0.717) is 5.69 Å². The minimum Gasteiger partial charge on any atom is -0.420 e. The van der Waals surface area contributed by atoms with Gasteiger partial charge >= 0.3 is 0 Å². The van der Waals surface area contributed by atoms with E-state index in [-0.39, 0.29) is 28.8 Å².